The van der Waals surface area contributed by atoms with Gasteiger partial charge in [-0.15, -0.1) is 0 Å². The van der Waals surface area contributed by atoms with Crippen molar-refractivity contribution >= 4 is 0 Å². The second-order valence-electron chi connectivity index (χ2n) is 8.28. The molecule has 1 aliphatic carbocycles. The molecule has 0 radical (unpaired) electrons. The summed E-state index contributed by atoms with van der Waals surface area (Å²) in [6.07, 6.45) is 8.49. The number of ether oxygens (including phenoxy) is 1. The predicted octanol–water partition coefficient (Wildman–Crippen LogP) is 3.19. The predicted molar refractivity (Wildman–Crippen MR) is 87.6 cm³/mol. The van der Waals surface area contributed by atoms with Gasteiger partial charge in [-0.05, 0) is 39.0 Å². The van der Waals surface area contributed by atoms with Crippen LogP contribution in [0.15, 0.2) is 0 Å². The first-order valence-electron chi connectivity index (χ1n) is 9.10. The van der Waals surface area contributed by atoms with Crippen LogP contribution >= 0.6 is 0 Å². The normalized spacial score (nSPS) is 41.0. The number of nitrogens with zero attached hydrogens (tertiary/aromatic N) is 1. The molecule has 1 saturated carbocycles. The molecule has 3 heteroatoms. The maximum absolute atomic E-state index is 5.96. The van der Waals surface area contributed by atoms with Crippen LogP contribution in [0, 0.1) is 5.92 Å². The first kappa shape index (κ1) is 15.8. The lowest BCUT2D eigenvalue weighted by molar-refractivity contribution is -0.0618. The average Bonchev–Trinajstić information content (AvgIpc) is 2.80. The lowest BCUT2D eigenvalue weighted by Crippen LogP contribution is -2.71. The Labute approximate surface area is 130 Å². The van der Waals surface area contributed by atoms with Gasteiger partial charge in [-0.25, -0.2) is 0 Å². The van der Waals surface area contributed by atoms with E-state index in [9.17, 15) is 0 Å². The summed E-state index contributed by atoms with van der Waals surface area (Å²) in [5.41, 5.74) is 0.608. The number of hydrogen-bond donors (Lipinski definition) is 1. The summed E-state index contributed by atoms with van der Waals surface area (Å²) in [6.45, 7) is 12.8. The van der Waals surface area contributed by atoms with E-state index in [1.807, 2.05) is 0 Å². The molecule has 3 unspecified atom stereocenters. The minimum atomic E-state index is 0.224. The summed E-state index contributed by atoms with van der Waals surface area (Å²) >= 11 is 0. The van der Waals surface area contributed by atoms with Crippen molar-refractivity contribution in [1.29, 1.82) is 0 Å². The van der Waals surface area contributed by atoms with Crippen molar-refractivity contribution in [2.75, 3.05) is 19.7 Å². The molecule has 3 rings (SSSR count). The van der Waals surface area contributed by atoms with Crippen LogP contribution in [0.3, 0.4) is 0 Å². The van der Waals surface area contributed by atoms with E-state index in [1.54, 1.807) is 0 Å². The van der Waals surface area contributed by atoms with Crippen LogP contribution in [0.1, 0.15) is 66.2 Å². The zero-order chi connectivity index (χ0) is 15.1. The first-order chi connectivity index (χ1) is 9.97. The van der Waals surface area contributed by atoms with Gasteiger partial charge >= 0.3 is 0 Å². The number of rotatable bonds is 2. The van der Waals surface area contributed by atoms with Crippen molar-refractivity contribution < 1.29 is 4.74 Å². The molecule has 2 saturated heterocycles. The van der Waals surface area contributed by atoms with Crippen LogP contribution in [-0.4, -0.2) is 47.8 Å². The Morgan fingerprint density at radius 2 is 1.86 bits per heavy atom. The van der Waals surface area contributed by atoms with E-state index in [4.69, 9.17) is 4.74 Å². The van der Waals surface area contributed by atoms with Gasteiger partial charge in [0.15, 0.2) is 0 Å². The van der Waals surface area contributed by atoms with Gasteiger partial charge < -0.3 is 10.1 Å². The fourth-order valence-electron chi connectivity index (χ4n) is 4.85. The molecular weight excluding hydrogens is 260 g/mol. The molecule has 0 amide bonds. The zero-order valence-electron chi connectivity index (χ0n) is 14.5. The summed E-state index contributed by atoms with van der Waals surface area (Å²) < 4.78 is 5.96. The molecule has 0 aromatic rings. The minimum Gasteiger partial charge on any atom is -0.377 e. The molecule has 3 fully saturated rings. The molecule has 3 nitrogen and oxygen atoms in total. The van der Waals surface area contributed by atoms with Gasteiger partial charge in [0.05, 0.1) is 6.10 Å². The highest BCUT2D eigenvalue weighted by molar-refractivity contribution is 5.07. The molecule has 1 spiro atoms. The standard InChI is InChI=1S/C18H34N2O/c1-14(2)16-12-19-18(8-6-5-7-9-18)13-20(16)17(4)10-11-21-15(17)3/h14-16,19H,5-13H2,1-4H3. The number of hydrogen-bond acceptors (Lipinski definition) is 3. The fourth-order valence-corrected chi connectivity index (χ4v) is 4.85. The van der Waals surface area contributed by atoms with Crippen molar-refractivity contribution in [3.05, 3.63) is 0 Å². The smallest absolute Gasteiger partial charge is 0.0728 e. The van der Waals surface area contributed by atoms with E-state index in [1.165, 1.54) is 45.1 Å². The number of nitrogens with one attached hydrogen (secondary N) is 1. The van der Waals surface area contributed by atoms with Gasteiger partial charge in [0.1, 0.15) is 0 Å². The third kappa shape index (κ3) is 2.77. The van der Waals surface area contributed by atoms with E-state index >= 15 is 0 Å². The van der Waals surface area contributed by atoms with Crippen LogP contribution < -0.4 is 5.32 Å². The van der Waals surface area contributed by atoms with Crippen LogP contribution in [0.4, 0.5) is 0 Å². The van der Waals surface area contributed by atoms with E-state index < -0.39 is 0 Å². The Morgan fingerprint density at radius 3 is 2.43 bits per heavy atom. The van der Waals surface area contributed by atoms with E-state index in [0.717, 1.165) is 13.2 Å². The highest BCUT2D eigenvalue weighted by Crippen LogP contribution is 2.40. The van der Waals surface area contributed by atoms with Crippen LogP contribution in [0.5, 0.6) is 0 Å². The average molecular weight is 294 g/mol. The largest absolute Gasteiger partial charge is 0.377 e. The van der Waals surface area contributed by atoms with Crippen molar-refractivity contribution in [3.8, 4) is 0 Å². The third-order valence-corrected chi connectivity index (χ3v) is 6.65. The van der Waals surface area contributed by atoms with E-state index in [-0.39, 0.29) is 5.54 Å². The summed E-state index contributed by atoms with van der Waals surface area (Å²) in [5.74, 6) is 0.697. The van der Waals surface area contributed by atoms with Crippen molar-refractivity contribution in [1.82, 2.24) is 10.2 Å². The highest BCUT2D eigenvalue weighted by Gasteiger charge is 2.50. The molecule has 0 aromatic heterocycles. The zero-order valence-corrected chi connectivity index (χ0v) is 14.5. The summed E-state index contributed by atoms with van der Waals surface area (Å²) in [5, 5.41) is 3.97. The van der Waals surface area contributed by atoms with Crippen molar-refractivity contribution in [2.24, 2.45) is 5.92 Å². The Hall–Kier alpha value is -0.120. The monoisotopic (exact) mass is 294 g/mol. The Bertz CT molecular complexity index is 364. The fraction of sp³-hybridized carbons (Fsp3) is 1.00. The highest BCUT2D eigenvalue weighted by atomic mass is 16.5. The second-order valence-corrected chi connectivity index (χ2v) is 8.28. The topological polar surface area (TPSA) is 24.5 Å². The van der Waals surface area contributed by atoms with E-state index in [2.05, 4.69) is 37.9 Å². The SMILES string of the molecule is CC(C)C1CNC2(CCCCC2)CN1C1(C)CCOC1C. The second kappa shape index (κ2) is 5.82. The maximum atomic E-state index is 5.96. The molecule has 3 atom stereocenters. The molecule has 21 heavy (non-hydrogen) atoms. The molecule has 122 valence electrons. The van der Waals surface area contributed by atoms with Crippen LogP contribution in [-0.2, 0) is 4.74 Å². The van der Waals surface area contributed by atoms with E-state index in [0.29, 0.717) is 23.6 Å². The van der Waals surface area contributed by atoms with Crippen LogP contribution in [0.2, 0.25) is 0 Å². The van der Waals surface area contributed by atoms with Gasteiger partial charge in [-0.3, -0.25) is 4.90 Å². The molecule has 1 N–H and O–H groups in total. The van der Waals surface area contributed by atoms with Crippen molar-refractivity contribution in [2.45, 2.75) is 89.4 Å². The van der Waals surface area contributed by atoms with Gasteiger partial charge in [-0.1, -0.05) is 33.1 Å². The Morgan fingerprint density at radius 1 is 1.14 bits per heavy atom. The van der Waals surface area contributed by atoms with Gasteiger partial charge in [0.25, 0.3) is 0 Å². The van der Waals surface area contributed by atoms with Crippen molar-refractivity contribution in [3.63, 3.8) is 0 Å². The number of piperazine rings is 1. The Balaban J connectivity index is 1.84. The minimum absolute atomic E-state index is 0.224. The molecule has 3 aliphatic rings. The molecule has 0 aromatic carbocycles. The molecule has 0 bridgehead atoms. The Kier molecular flexibility index (Phi) is 4.37. The summed E-state index contributed by atoms with van der Waals surface area (Å²) in [4.78, 5) is 2.84. The lowest BCUT2D eigenvalue weighted by atomic mass is 9.76. The summed E-state index contributed by atoms with van der Waals surface area (Å²) in [6, 6.07) is 0.645. The van der Waals surface area contributed by atoms with Gasteiger partial charge in [0.2, 0.25) is 0 Å². The third-order valence-electron chi connectivity index (χ3n) is 6.65. The first-order valence-corrected chi connectivity index (χ1v) is 9.10. The summed E-state index contributed by atoms with van der Waals surface area (Å²) in [7, 11) is 0. The van der Waals surface area contributed by atoms with Crippen LogP contribution in [0.25, 0.3) is 0 Å². The van der Waals surface area contributed by atoms with Gasteiger partial charge in [-0.2, -0.15) is 0 Å². The van der Waals surface area contributed by atoms with Gasteiger partial charge in [0, 0.05) is 36.8 Å². The maximum Gasteiger partial charge on any atom is 0.0728 e. The quantitative estimate of drug-likeness (QED) is 0.846. The lowest BCUT2D eigenvalue weighted by Gasteiger charge is -2.56. The molecular formula is C18H34N2O. The molecule has 2 heterocycles. The molecule has 2 aliphatic heterocycles.